The van der Waals surface area contributed by atoms with E-state index in [1.54, 1.807) is 0 Å². The molecule has 1 unspecified atom stereocenters. The zero-order chi connectivity index (χ0) is 11.1. The van der Waals surface area contributed by atoms with E-state index in [9.17, 15) is 0 Å². The second-order valence-corrected chi connectivity index (χ2v) is 3.87. The summed E-state index contributed by atoms with van der Waals surface area (Å²) in [5.41, 5.74) is 1.11. The van der Waals surface area contributed by atoms with Crippen LogP contribution in [0.3, 0.4) is 0 Å². The van der Waals surface area contributed by atoms with E-state index in [1.807, 2.05) is 24.3 Å². The number of unbranched alkanes of at least 4 members (excludes halogenated alkanes) is 1. The van der Waals surface area contributed by atoms with Crippen molar-refractivity contribution in [2.24, 2.45) is 0 Å². The Morgan fingerprint density at radius 1 is 1.47 bits per heavy atom. The molecule has 1 aromatic rings. The summed E-state index contributed by atoms with van der Waals surface area (Å²) in [6.07, 6.45) is 1.48. The lowest BCUT2D eigenvalue weighted by Crippen LogP contribution is -2.19. The van der Waals surface area contributed by atoms with Gasteiger partial charge in [0.1, 0.15) is 0 Å². The highest BCUT2D eigenvalue weighted by Gasteiger charge is 2.07. The highest BCUT2D eigenvalue weighted by Crippen LogP contribution is 2.21. The molecule has 0 bridgehead atoms. The minimum Gasteiger partial charge on any atom is -0.310 e. The first-order chi connectivity index (χ1) is 7.25. The number of benzene rings is 1. The first-order valence-corrected chi connectivity index (χ1v) is 5.48. The van der Waals surface area contributed by atoms with Crippen LogP contribution in [0.25, 0.3) is 0 Å². The molecule has 0 heterocycles. The molecule has 80 valence electrons. The Kier molecular flexibility index (Phi) is 5.17. The molecule has 0 aliphatic rings. The molecule has 1 atom stereocenters. The third-order valence-electron chi connectivity index (χ3n) is 2.29. The van der Waals surface area contributed by atoms with Gasteiger partial charge in [0.05, 0.1) is 6.07 Å². The summed E-state index contributed by atoms with van der Waals surface area (Å²) >= 11 is 6.07. The van der Waals surface area contributed by atoms with Crippen LogP contribution in [0.2, 0.25) is 5.02 Å². The average Bonchev–Trinajstić information content (AvgIpc) is 2.25. The van der Waals surface area contributed by atoms with E-state index in [2.05, 4.69) is 18.3 Å². The Hall–Kier alpha value is -1.04. The fourth-order valence-electron chi connectivity index (χ4n) is 1.42. The summed E-state index contributed by atoms with van der Waals surface area (Å²) in [7, 11) is 0. The lowest BCUT2D eigenvalue weighted by Gasteiger charge is -2.14. The van der Waals surface area contributed by atoms with Crippen LogP contribution in [0.15, 0.2) is 24.3 Å². The minimum atomic E-state index is 0.234. The monoisotopic (exact) mass is 222 g/mol. The standard InChI is InChI=1S/C12H15ClN2/c1-10(15-9-5-4-8-14)11-6-2-3-7-12(11)13/h2-3,6-7,10,15H,4-5,9H2,1H3. The summed E-state index contributed by atoms with van der Waals surface area (Å²) in [6, 6.07) is 10.2. The van der Waals surface area contributed by atoms with E-state index in [4.69, 9.17) is 16.9 Å². The zero-order valence-electron chi connectivity index (χ0n) is 8.83. The van der Waals surface area contributed by atoms with Crippen LogP contribution in [-0.2, 0) is 0 Å². The van der Waals surface area contributed by atoms with Gasteiger partial charge in [-0.1, -0.05) is 29.8 Å². The maximum Gasteiger partial charge on any atom is 0.0622 e. The number of nitriles is 1. The molecule has 0 saturated heterocycles. The van der Waals surface area contributed by atoms with E-state index in [0.29, 0.717) is 6.42 Å². The van der Waals surface area contributed by atoms with Crippen molar-refractivity contribution in [1.29, 1.82) is 5.26 Å². The van der Waals surface area contributed by atoms with Crippen molar-refractivity contribution in [1.82, 2.24) is 5.32 Å². The molecule has 0 aliphatic carbocycles. The second-order valence-electron chi connectivity index (χ2n) is 3.46. The Morgan fingerprint density at radius 2 is 2.20 bits per heavy atom. The SMILES string of the molecule is CC(NCCCC#N)c1ccccc1Cl. The van der Waals surface area contributed by atoms with Crippen molar-refractivity contribution in [3.63, 3.8) is 0 Å². The summed E-state index contributed by atoms with van der Waals surface area (Å²) in [4.78, 5) is 0. The molecule has 0 radical (unpaired) electrons. The molecule has 0 fully saturated rings. The highest BCUT2D eigenvalue weighted by atomic mass is 35.5. The van der Waals surface area contributed by atoms with E-state index in [0.717, 1.165) is 23.6 Å². The first-order valence-electron chi connectivity index (χ1n) is 5.10. The molecule has 0 aromatic heterocycles. The highest BCUT2D eigenvalue weighted by molar-refractivity contribution is 6.31. The van der Waals surface area contributed by atoms with E-state index in [-0.39, 0.29) is 6.04 Å². The minimum absolute atomic E-state index is 0.234. The van der Waals surface area contributed by atoms with Gasteiger partial charge in [-0.05, 0) is 31.5 Å². The molecule has 15 heavy (non-hydrogen) atoms. The van der Waals surface area contributed by atoms with Crippen LogP contribution < -0.4 is 5.32 Å². The van der Waals surface area contributed by atoms with Crippen molar-refractivity contribution in [2.45, 2.75) is 25.8 Å². The number of halogens is 1. The van der Waals surface area contributed by atoms with Crippen LogP contribution in [0.5, 0.6) is 0 Å². The Morgan fingerprint density at radius 3 is 2.87 bits per heavy atom. The molecule has 0 amide bonds. The number of hydrogen-bond acceptors (Lipinski definition) is 2. The van der Waals surface area contributed by atoms with Crippen molar-refractivity contribution in [3.8, 4) is 6.07 Å². The predicted octanol–water partition coefficient (Wildman–Crippen LogP) is 3.29. The molecule has 1 aromatic carbocycles. The molecule has 1 rings (SSSR count). The second kappa shape index (κ2) is 6.44. The number of nitrogens with zero attached hydrogens (tertiary/aromatic N) is 1. The number of rotatable bonds is 5. The van der Waals surface area contributed by atoms with Gasteiger partial charge in [0.25, 0.3) is 0 Å². The molecular formula is C12H15ClN2. The predicted molar refractivity (Wildman–Crippen MR) is 62.7 cm³/mol. The molecule has 2 nitrogen and oxygen atoms in total. The number of hydrogen-bond donors (Lipinski definition) is 1. The molecule has 0 aliphatic heterocycles. The molecule has 0 spiro atoms. The van der Waals surface area contributed by atoms with Gasteiger partial charge in [0, 0.05) is 17.5 Å². The fraction of sp³-hybridized carbons (Fsp3) is 0.417. The van der Waals surface area contributed by atoms with Crippen molar-refractivity contribution in [2.75, 3.05) is 6.54 Å². The topological polar surface area (TPSA) is 35.8 Å². The van der Waals surface area contributed by atoms with Crippen LogP contribution in [0.4, 0.5) is 0 Å². The van der Waals surface area contributed by atoms with Gasteiger partial charge in [-0.2, -0.15) is 5.26 Å². The smallest absolute Gasteiger partial charge is 0.0622 e. The van der Waals surface area contributed by atoms with Gasteiger partial charge in [0.15, 0.2) is 0 Å². The molecular weight excluding hydrogens is 208 g/mol. The number of nitrogens with one attached hydrogen (secondary N) is 1. The molecule has 0 saturated carbocycles. The Balaban J connectivity index is 2.44. The summed E-state index contributed by atoms with van der Waals surface area (Å²) < 4.78 is 0. The van der Waals surface area contributed by atoms with Crippen molar-refractivity contribution >= 4 is 11.6 Å². The summed E-state index contributed by atoms with van der Waals surface area (Å²) in [5.74, 6) is 0. The van der Waals surface area contributed by atoms with Gasteiger partial charge in [-0.15, -0.1) is 0 Å². The zero-order valence-corrected chi connectivity index (χ0v) is 9.59. The van der Waals surface area contributed by atoms with Crippen LogP contribution >= 0.6 is 11.6 Å². The van der Waals surface area contributed by atoms with E-state index in [1.165, 1.54) is 0 Å². The third-order valence-corrected chi connectivity index (χ3v) is 2.63. The quantitative estimate of drug-likeness (QED) is 0.776. The maximum absolute atomic E-state index is 8.39. The van der Waals surface area contributed by atoms with Gasteiger partial charge >= 0.3 is 0 Å². The molecule has 3 heteroatoms. The largest absolute Gasteiger partial charge is 0.310 e. The average molecular weight is 223 g/mol. The Labute approximate surface area is 95.9 Å². The van der Waals surface area contributed by atoms with Crippen molar-refractivity contribution < 1.29 is 0 Å². The van der Waals surface area contributed by atoms with Gasteiger partial charge < -0.3 is 5.32 Å². The Bertz CT molecular complexity index is 344. The fourth-order valence-corrected chi connectivity index (χ4v) is 1.72. The van der Waals surface area contributed by atoms with Crippen LogP contribution in [0, 0.1) is 11.3 Å². The van der Waals surface area contributed by atoms with Gasteiger partial charge in [-0.25, -0.2) is 0 Å². The van der Waals surface area contributed by atoms with Gasteiger partial charge in [0.2, 0.25) is 0 Å². The van der Waals surface area contributed by atoms with E-state index < -0.39 is 0 Å². The van der Waals surface area contributed by atoms with Crippen LogP contribution in [-0.4, -0.2) is 6.54 Å². The van der Waals surface area contributed by atoms with Crippen LogP contribution in [0.1, 0.15) is 31.4 Å². The summed E-state index contributed by atoms with van der Waals surface area (Å²) in [6.45, 7) is 2.92. The third kappa shape index (κ3) is 3.91. The maximum atomic E-state index is 8.39. The van der Waals surface area contributed by atoms with Gasteiger partial charge in [-0.3, -0.25) is 0 Å². The first kappa shape index (κ1) is 12.0. The lowest BCUT2D eigenvalue weighted by atomic mass is 10.1. The normalized spacial score (nSPS) is 12.1. The summed E-state index contributed by atoms with van der Waals surface area (Å²) in [5, 5.41) is 12.5. The lowest BCUT2D eigenvalue weighted by molar-refractivity contribution is 0.562. The molecule has 1 N–H and O–H groups in total. The van der Waals surface area contributed by atoms with E-state index >= 15 is 0 Å². The van der Waals surface area contributed by atoms with Crippen molar-refractivity contribution in [3.05, 3.63) is 34.9 Å².